The molecule has 0 saturated heterocycles. The van der Waals surface area contributed by atoms with Crippen LogP contribution in [0.3, 0.4) is 0 Å². The van der Waals surface area contributed by atoms with E-state index in [9.17, 15) is 13.2 Å². The number of rotatable bonds is 9. The fourth-order valence-electron chi connectivity index (χ4n) is 2.51. The highest BCUT2D eigenvalue weighted by Crippen LogP contribution is 2.17. The zero-order chi connectivity index (χ0) is 20.7. The summed E-state index contributed by atoms with van der Waals surface area (Å²) < 4.78 is 27.9. The Morgan fingerprint density at radius 1 is 1.14 bits per heavy atom. The number of sulfonamides is 1. The first-order valence-electron chi connectivity index (χ1n) is 8.60. The van der Waals surface area contributed by atoms with E-state index < -0.39 is 22.0 Å². The molecule has 1 unspecified atom stereocenters. The van der Waals surface area contributed by atoms with E-state index in [4.69, 9.17) is 28.9 Å². The van der Waals surface area contributed by atoms with E-state index in [0.717, 1.165) is 6.42 Å². The van der Waals surface area contributed by atoms with Crippen LogP contribution in [0, 0.1) is 0 Å². The average molecular weight is 441 g/mol. The second-order valence-electron chi connectivity index (χ2n) is 6.17. The predicted molar refractivity (Wildman–Crippen MR) is 114 cm³/mol. The molecular formula is C19H21ClN2O4S2. The highest BCUT2D eigenvalue weighted by Gasteiger charge is 2.23. The first kappa shape index (κ1) is 22.3. The Labute approximate surface area is 175 Å². The maximum absolute atomic E-state index is 12.6. The second-order valence-corrected chi connectivity index (χ2v) is 8.76. The molecule has 0 heterocycles. The first-order chi connectivity index (χ1) is 13.2. The number of hydrogen-bond acceptors (Lipinski definition) is 4. The van der Waals surface area contributed by atoms with Crippen molar-refractivity contribution >= 4 is 50.5 Å². The number of aliphatic carboxylic acids is 1. The van der Waals surface area contributed by atoms with Crippen LogP contribution >= 0.6 is 23.8 Å². The summed E-state index contributed by atoms with van der Waals surface area (Å²) in [6.07, 6.45) is 1.19. The summed E-state index contributed by atoms with van der Waals surface area (Å²) in [5.41, 5.74) is 1.32. The van der Waals surface area contributed by atoms with Crippen LogP contribution in [-0.2, 0) is 21.2 Å². The number of benzene rings is 2. The van der Waals surface area contributed by atoms with Gasteiger partial charge in [0.05, 0.1) is 22.3 Å². The maximum Gasteiger partial charge on any atom is 0.307 e. The van der Waals surface area contributed by atoms with E-state index in [1.54, 1.807) is 24.3 Å². The summed E-state index contributed by atoms with van der Waals surface area (Å²) in [6, 6.07) is 12.1. The molecule has 150 valence electrons. The van der Waals surface area contributed by atoms with Gasteiger partial charge in [-0.3, -0.25) is 4.79 Å². The predicted octanol–water partition coefficient (Wildman–Crippen LogP) is 3.85. The van der Waals surface area contributed by atoms with Crippen LogP contribution in [0.15, 0.2) is 53.4 Å². The fraction of sp³-hybridized carbons (Fsp3) is 0.263. The first-order valence-corrected chi connectivity index (χ1v) is 10.9. The Morgan fingerprint density at radius 3 is 2.29 bits per heavy atom. The summed E-state index contributed by atoms with van der Waals surface area (Å²) >= 11 is 11.2. The minimum Gasteiger partial charge on any atom is -0.481 e. The zero-order valence-corrected chi connectivity index (χ0v) is 17.6. The average Bonchev–Trinajstić information content (AvgIpc) is 2.63. The quantitative estimate of drug-likeness (QED) is 0.512. The third-order valence-electron chi connectivity index (χ3n) is 3.89. The van der Waals surface area contributed by atoms with Crippen molar-refractivity contribution in [2.24, 2.45) is 0 Å². The Kier molecular flexibility index (Phi) is 7.94. The lowest BCUT2D eigenvalue weighted by molar-refractivity contribution is -0.136. The number of anilines is 1. The lowest BCUT2D eigenvalue weighted by Gasteiger charge is -2.20. The molecule has 9 heteroatoms. The van der Waals surface area contributed by atoms with Gasteiger partial charge in [-0.05, 0) is 48.4 Å². The van der Waals surface area contributed by atoms with Gasteiger partial charge in [0.15, 0.2) is 0 Å². The topological polar surface area (TPSA) is 95.5 Å². The molecular weight excluding hydrogens is 420 g/mol. The third-order valence-corrected chi connectivity index (χ3v) is 6.02. The van der Waals surface area contributed by atoms with Crippen LogP contribution in [0.5, 0.6) is 0 Å². The standard InChI is InChI=1S/C19H21ClN2O4S2/c1-2-3-17(22-28(25,26)16-10-6-14(20)7-11-16)19(27)21-15-8-4-13(5-9-15)12-18(23)24/h4-11,17,22H,2-3,12H2,1H3,(H,21,27)(H,23,24). The largest absolute Gasteiger partial charge is 0.481 e. The van der Waals surface area contributed by atoms with E-state index in [0.29, 0.717) is 27.7 Å². The number of thiocarbonyl (C=S) groups is 1. The molecule has 0 saturated carbocycles. The van der Waals surface area contributed by atoms with Gasteiger partial charge in [0.25, 0.3) is 0 Å². The van der Waals surface area contributed by atoms with Crippen LogP contribution in [0.25, 0.3) is 0 Å². The van der Waals surface area contributed by atoms with E-state index in [1.807, 2.05) is 6.92 Å². The molecule has 0 radical (unpaired) electrons. The third kappa shape index (κ3) is 6.56. The summed E-state index contributed by atoms with van der Waals surface area (Å²) in [6.45, 7) is 1.94. The molecule has 1 atom stereocenters. The minimum atomic E-state index is -3.76. The Balaban J connectivity index is 2.10. The number of halogens is 1. The molecule has 2 rings (SSSR count). The zero-order valence-electron chi connectivity index (χ0n) is 15.2. The molecule has 0 aliphatic heterocycles. The van der Waals surface area contributed by atoms with Crippen molar-refractivity contribution in [2.75, 3.05) is 5.32 Å². The van der Waals surface area contributed by atoms with Gasteiger partial charge in [-0.25, -0.2) is 13.1 Å². The lowest BCUT2D eigenvalue weighted by Crippen LogP contribution is -2.42. The van der Waals surface area contributed by atoms with E-state index in [2.05, 4.69) is 10.0 Å². The molecule has 0 amide bonds. The molecule has 0 aliphatic carbocycles. The maximum atomic E-state index is 12.6. The summed E-state index contributed by atoms with van der Waals surface area (Å²) in [4.78, 5) is 11.2. The molecule has 0 bridgehead atoms. The van der Waals surface area contributed by atoms with Crippen molar-refractivity contribution < 1.29 is 18.3 Å². The fourth-order valence-corrected chi connectivity index (χ4v) is 4.25. The van der Waals surface area contributed by atoms with Crippen LogP contribution < -0.4 is 10.0 Å². The Morgan fingerprint density at radius 2 is 1.75 bits per heavy atom. The molecule has 2 aromatic rings. The van der Waals surface area contributed by atoms with Crippen LogP contribution in [0.1, 0.15) is 25.3 Å². The van der Waals surface area contributed by atoms with Gasteiger partial charge >= 0.3 is 5.97 Å². The summed E-state index contributed by atoms with van der Waals surface area (Å²) in [7, 11) is -3.76. The summed E-state index contributed by atoms with van der Waals surface area (Å²) in [5, 5.41) is 12.3. The van der Waals surface area contributed by atoms with Gasteiger partial charge in [0.1, 0.15) is 0 Å². The van der Waals surface area contributed by atoms with Gasteiger partial charge in [-0.15, -0.1) is 0 Å². The monoisotopic (exact) mass is 440 g/mol. The highest BCUT2D eigenvalue weighted by molar-refractivity contribution is 7.89. The Hall–Kier alpha value is -2.00. The smallest absolute Gasteiger partial charge is 0.307 e. The van der Waals surface area contributed by atoms with Crippen molar-refractivity contribution in [2.45, 2.75) is 37.1 Å². The number of carboxylic acid groups (broad SMARTS) is 1. The van der Waals surface area contributed by atoms with Gasteiger partial charge in [-0.1, -0.05) is 49.3 Å². The molecule has 28 heavy (non-hydrogen) atoms. The van der Waals surface area contributed by atoms with Crippen molar-refractivity contribution in [3.63, 3.8) is 0 Å². The van der Waals surface area contributed by atoms with Crippen molar-refractivity contribution in [1.29, 1.82) is 0 Å². The van der Waals surface area contributed by atoms with E-state index in [1.165, 1.54) is 24.3 Å². The number of carbonyl (C=O) groups is 1. The number of carboxylic acids is 1. The number of hydrogen-bond donors (Lipinski definition) is 3. The number of nitrogens with one attached hydrogen (secondary N) is 2. The molecule has 3 N–H and O–H groups in total. The minimum absolute atomic E-state index is 0.0654. The van der Waals surface area contributed by atoms with Crippen LogP contribution in [0.2, 0.25) is 5.02 Å². The molecule has 6 nitrogen and oxygen atoms in total. The summed E-state index contributed by atoms with van der Waals surface area (Å²) in [5.74, 6) is -0.907. The Bertz CT molecular complexity index is 929. The SMILES string of the molecule is CCCC(NS(=O)(=O)c1ccc(Cl)cc1)C(=S)Nc1ccc(CC(=O)O)cc1. The van der Waals surface area contributed by atoms with Crippen molar-refractivity contribution in [3.8, 4) is 0 Å². The molecule has 0 aromatic heterocycles. The van der Waals surface area contributed by atoms with Gasteiger partial charge in [0.2, 0.25) is 10.0 Å². The lowest BCUT2D eigenvalue weighted by atomic mass is 10.1. The van der Waals surface area contributed by atoms with Crippen LogP contribution in [0.4, 0.5) is 5.69 Å². The van der Waals surface area contributed by atoms with Crippen molar-refractivity contribution in [1.82, 2.24) is 4.72 Å². The molecule has 2 aromatic carbocycles. The normalized spacial score (nSPS) is 12.4. The molecule has 0 aliphatic rings. The van der Waals surface area contributed by atoms with Crippen LogP contribution in [-0.4, -0.2) is 30.5 Å². The van der Waals surface area contributed by atoms with E-state index >= 15 is 0 Å². The van der Waals surface area contributed by atoms with Crippen molar-refractivity contribution in [3.05, 3.63) is 59.1 Å². The molecule has 0 fully saturated rings. The van der Waals surface area contributed by atoms with E-state index in [-0.39, 0.29) is 11.3 Å². The molecule has 0 spiro atoms. The van der Waals surface area contributed by atoms with Gasteiger partial charge in [0, 0.05) is 10.7 Å². The highest BCUT2D eigenvalue weighted by atomic mass is 35.5. The van der Waals surface area contributed by atoms with Gasteiger partial charge < -0.3 is 10.4 Å². The van der Waals surface area contributed by atoms with Gasteiger partial charge in [-0.2, -0.15) is 0 Å². The second kappa shape index (κ2) is 9.97.